The van der Waals surface area contributed by atoms with Crippen LogP contribution in [0, 0.1) is 0 Å². The molecule has 2 N–H and O–H groups in total. The van der Waals surface area contributed by atoms with Crippen molar-refractivity contribution in [3.05, 3.63) is 28.4 Å². The third-order valence-corrected chi connectivity index (χ3v) is 2.46. The highest BCUT2D eigenvalue weighted by molar-refractivity contribution is 9.10. The highest BCUT2D eigenvalue weighted by atomic mass is 79.9. The van der Waals surface area contributed by atoms with E-state index in [1.165, 1.54) is 0 Å². The van der Waals surface area contributed by atoms with Crippen LogP contribution in [0.5, 0.6) is 0 Å². The van der Waals surface area contributed by atoms with Crippen molar-refractivity contribution in [3.8, 4) is 0 Å². The van der Waals surface area contributed by atoms with Gasteiger partial charge in [0.1, 0.15) is 0 Å². The lowest BCUT2D eigenvalue weighted by Crippen LogP contribution is -1.91. The Labute approximate surface area is 83.9 Å². The fourth-order valence-corrected chi connectivity index (χ4v) is 1.67. The number of aliphatic hydroxyl groups excluding tert-OH is 1. The van der Waals surface area contributed by atoms with Gasteiger partial charge < -0.3 is 5.11 Å². The molecule has 2 aromatic rings. The van der Waals surface area contributed by atoms with Crippen molar-refractivity contribution in [1.29, 1.82) is 0 Å². The average Bonchev–Trinajstić information content (AvgIpc) is 2.46. The second-order valence-corrected chi connectivity index (χ2v) is 3.89. The van der Waals surface area contributed by atoms with Gasteiger partial charge in [-0.25, -0.2) is 0 Å². The minimum atomic E-state index is -0.508. The summed E-state index contributed by atoms with van der Waals surface area (Å²) >= 11 is 3.36. The van der Waals surface area contributed by atoms with Gasteiger partial charge in [0.05, 0.1) is 17.3 Å². The van der Waals surface area contributed by atoms with Crippen LogP contribution in [0.4, 0.5) is 0 Å². The van der Waals surface area contributed by atoms with Crippen LogP contribution < -0.4 is 0 Å². The van der Waals surface area contributed by atoms with Crippen molar-refractivity contribution in [3.63, 3.8) is 0 Å². The standard InChI is InChI=1S/C9H9BrN2O/c1-5(13)9-7-3-2-6(10)4-8(7)11-12-9/h2-5,13H,1H3,(H,11,12). The van der Waals surface area contributed by atoms with E-state index in [9.17, 15) is 5.11 Å². The van der Waals surface area contributed by atoms with Gasteiger partial charge in [-0.2, -0.15) is 5.10 Å². The molecule has 0 bridgehead atoms. The predicted molar refractivity (Wildman–Crippen MR) is 54.4 cm³/mol. The normalized spacial score (nSPS) is 13.5. The first-order chi connectivity index (χ1) is 6.18. The Morgan fingerprint density at radius 2 is 2.31 bits per heavy atom. The topological polar surface area (TPSA) is 48.9 Å². The molecule has 0 spiro atoms. The number of nitrogens with zero attached hydrogens (tertiary/aromatic N) is 1. The van der Waals surface area contributed by atoms with Gasteiger partial charge in [-0.1, -0.05) is 15.9 Å². The molecule has 0 aliphatic heterocycles. The van der Waals surface area contributed by atoms with E-state index in [4.69, 9.17) is 0 Å². The molecule has 0 radical (unpaired) electrons. The maximum Gasteiger partial charge on any atom is 0.0935 e. The molecule has 1 unspecified atom stereocenters. The summed E-state index contributed by atoms with van der Waals surface area (Å²) in [6.45, 7) is 1.72. The zero-order valence-electron chi connectivity index (χ0n) is 7.08. The van der Waals surface area contributed by atoms with E-state index >= 15 is 0 Å². The second kappa shape index (κ2) is 3.12. The number of aromatic nitrogens is 2. The first-order valence-electron chi connectivity index (χ1n) is 4.00. The highest BCUT2D eigenvalue weighted by Gasteiger charge is 2.09. The van der Waals surface area contributed by atoms with Gasteiger partial charge in [-0.05, 0) is 25.1 Å². The zero-order valence-corrected chi connectivity index (χ0v) is 8.67. The van der Waals surface area contributed by atoms with Crippen LogP contribution in [0.15, 0.2) is 22.7 Å². The molecule has 68 valence electrons. The summed E-state index contributed by atoms with van der Waals surface area (Å²) in [5.74, 6) is 0. The van der Waals surface area contributed by atoms with E-state index in [0.717, 1.165) is 21.1 Å². The number of nitrogens with one attached hydrogen (secondary N) is 1. The van der Waals surface area contributed by atoms with Crippen molar-refractivity contribution < 1.29 is 5.11 Å². The lowest BCUT2D eigenvalue weighted by Gasteiger charge is -1.99. The van der Waals surface area contributed by atoms with E-state index in [2.05, 4.69) is 26.1 Å². The average molecular weight is 241 g/mol. The number of hydrogen-bond donors (Lipinski definition) is 2. The highest BCUT2D eigenvalue weighted by Crippen LogP contribution is 2.23. The predicted octanol–water partition coefficient (Wildman–Crippen LogP) is 2.38. The van der Waals surface area contributed by atoms with Gasteiger partial charge in [0, 0.05) is 9.86 Å². The molecule has 1 aromatic carbocycles. The number of halogens is 1. The van der Waals surface area contributed by atoms with Crippen LogP contribution in [0.2, 0.25) is 0 Å². The smallest absolute Gasteiger partial charge is 0.0935 e. The van der Waals surface area contributed by atoms with Crippen molar-refractivity contribution in [2.75, 3.05) is 0 Å². The molecular formula is C9H9BrN2O. The van der Waals surface area contributed by atoms with Gasteiger partial charge in [0.2, 0.25) is 0 Å². The summed E-state index contributed by atoms with van der Waals surface area (Å²) in [5, 5.41) is 17.3. The monoisotopic (exact) mass is 240 g/mol. The van der Waals surface area contributed by atoms with Crippen LogP contribution in [-0.4, -0.2) is 15.3 Å². The number of H-pyrrole nitrogens is 1. The van der Waals surface area contributed by atoms with Crippen LogP contribution in [-0.2, 0) is 0 Å². The molecule has 0 fully saturated rings. The minimum Gasteiger partial charge on any atom is -0.387 e. The summed E-state index contributed by atoms with van der Waals surface area (Å²) < 4.78 is 0.989. The minimum absolute atomic E-state index is 0.508. The zero-order chi connectivity index (χ0) is 9.42. The maximum absolute atomic E-state index is 9.40. The molecule has 1 aromatic heterocycles. The second-order valence-electron chi connectivity index (χ2n) is 2.97. The first kappa shape index (κ1) is 8.72. The van der Waals surface area contributed by atoms with Crippen LogP contribution in [0.1, 0.15) is 18.7 Å². The molecular weight excluding hydrogens is 232 g/mol. The Hall–Kier alpha value is -0.870. The summed E-state index contributed by atoms with van der Waals surface area (Å²) in [4.78, 5) is 0. The molecule has 2 rings (SSSR count). The third kappa shape index (κ3) is 1.47. The molecule has 0 aliphatic rings. The number of rotatable bonds is 1. The Bertz CT molecular complexity index is 436. The number of fused-ring (bicyclic) bond motifs is 1. The van der Waals surface area contributed by atoms with Crippen molar-refractivity contribution >= 4 is 26.8 Å². The van der Waals surface area contributed by atoms with Crippen LogP contribution >= 0.6 is 15.9 Å². The molecule has 0 saturated heterocycles. The Morgan fingerprint density at radius 1 is 1.54 bits per heavy atom. The number of aromatic amines is 1. The molecule has 1 atom stereocenters. The molecule has 13 heavy (non-hydrogen) atoms. The summed E-state index contributed by atoms with van der Waals surface area (Å²) in [6.07, 6.45) is -0.508. The van der Waals surface area contributed by atoms with E-state index in [0.29, 0.717) is 0 Å². The quantitative estimate of drug-likeness (QED) is 0.805. The fourth-order valence-electron chi connectivity index (χ4n) is 1.32. The van der Waals surface area contributed by atoms with Crippen molar-refractivity contribution in [2.24, 2.45) is 0 Å². The molecule has 1 heterocycles. The lowest BCUT2D eigenvalue weighted by atomic mass is 10.1. The molecule has 0 aliphatic carbocycles. The first-order valence-corrected chi connectivity index (χ1v) is 4.79. The van der Waals surface area contributed by atoms with E-state index in [1.54, 1.807) is 6.92 Å². The number of hydrogen-bond acceptors (Lipinski definition) is 2. The number of benzene rings is 1. The SMILES string of the molecule is CC(O)c1[nH]nc2cc(Br)ccc12. The van der Waals surface area contributed by atoms with Crippen molar-refractivity contribution in [2.45, 2.75) is 13.0 Å². The van der Waals surface area contributed by atoms with Crippen LogP contribution in [0.25, 0.3) is 10.9 Å². The maximum atomic E-state index is 9.40. The van der Waals surface area contributed by atoms with Crippen LogP contribution in [0.3, 0.4) is 0 Å². The molecule has 3 nitrogen and oxygen atoms in total. The van der Waals surface area contributed by atoms with Gasteiger partial charge in [0.25, 0.3) is 0 Å². The summed E-state index contributed by atoms with van der Waals surface area (Å²) in [6, 6.07) is 5.78. The summed E-state index contributed by atoms with van der Waals surface area (Å²) in [5.41, 5.74) is 1.63. The van der Waals surface area contributed by atoms with E-state index < -0.39 is 6.10 Å². The lowest BCUT2D eigenvalue weighted by molar-refractivity contribution is 0.195. The molecule has 0 saturated carbocycles. The molecule has 4 heteroatoms. The number of aliphatic hydroxyl groups is 1. The Kier molecular flexibility index (Phi) is 2.09. The van der Waals surface area contributed by atoms with Gasteiger partial charge in [0.15, 0.2) is 0 Å². The third-order valence-electron chi connectivity index (χ3n) is 1.96. The van der Waals surface area contributed by atoms with Crippen molar-refractivity contribution in [1.82, 2.24) is 10.2 Å². The Morgan fingerprint density at radius 3 is 3.00 bits per heavy atom. The molecule has 0 amide bonds. The van der Waals surface area contributed by atoms with Gasteiger partial charge in [-0.3, -0.25) is 5.10 Å². The van der Waals surface area contributed by atoms with Gasteiger partial charge in [-0.15, -0.1) is 0 Å². The van der Waals surface area contributed by atoms with E-state index in [-0.39, 0.29) is 0 Å². The summed E-state index contributed by atoms with van der Waals surface area (Å²) in [7, 11) is 0. The Balaban J connectivity index is 2.69. The van der Waals surface area contributed by atoms with Gasteiger partial charge >= 0.3 is 0 Å². The van der Waals surface area contributed by atoms with E-state index in [1.807, 2.05) is 18.2 Å². The largest absolute Gasteiger partial charge is 0.387 e. The fraction of sp³-hybridized carbons (Fsp3) is 0.222.